The van der Waals surface area contributed by atoms with Crippen molar-refractivity contribution in [2.45, 2.75) is 32.6 Å². The molecule has 0 radical (unpaired) electrons. The fraction of sp³-hybridized carbons (Fsp3) is 0.400. The highest BCUT2D eigenvalue weighted by Crippen LogP contribution is 2.20. The van der Waals surface area contributed by atoms with Crippen molar-refractivity contribution in [2.75, 3.05) is 5.75 Å². The van der Waals surface area contributed by atoms with Gasteiger partial charge in [0.2, 0.25) is 0 Å². The van der Waals surface area contributed by atoms with Crippen molar-refractivity contribution >= 4 is 9.84 Å². The Bertz CT molecular complexity index is 714. The van der Waals surface area contributed by atoms with E-state index in [1.165, 1.54) is 0 Å². The van der Waals surface area contributed by atoms with Crippen LogP contribution < -0.4 is 0 Å². The summed E-state index contributed by atoms with van der Waals surface area (Å²) in [6, 6.07) is 7.16. The van der Waals surface area contributed by atoms with Gasteiger partial charge in [-0.25, -0.2) is 8.42 Å². The number of aromatic nitrogens is 1. The molecular weight excluding hydrogens is 290 g/mol. The molecule has 0 aliphatic heterocycles. The first-order chi connectivity index (χ1) is 9.75. The van der Waals surface area contributed by atoms with Gasteiger partial charge in [-0.3, -0.25) is 0 Å². The Morgan fingerprint density at radius 3 is 2.29 bits per heavy atom. The molecule has 0 saturated carbocycles. The average molecular weight is 309 g/mol. The summed E-state index contributed by atoms with van der Waals surface area (Å²) in [6.45, 7) is 5.53. The van der Waals surface area contributed by atoms with Crippen LogP contribution in [-0.4, -0.2) is 24.4 Å². The second-order valence-electron chi connectivity index (χ2n) is 5.42. The lowest BCUT2D eigenvalue weighted by Crippen LogP contribution is -2.16. The number of nitrogens with zero attached hydrogens (tertiary/aromatic N) is 1. The Hall–Kier alpha value is -1.66. The lowest BCUT2D eigenvalue weighted by molar-refractivity contribution is 0.201. The van der Waals surface area contributed by atoms with Gasteiger partial charge in [-0.1, -0.05) is 34.5 Å². The molecular formula is C15H19NO4S. The van der Waals surface area contributed by atoms with Crippen molar-refractivity contribution in [3.63, 3.8) is 0 Å². The van der Waals surface area contributed by atoms with Gasteiger partial charge >= 0.3 is 0 Å². The number of aliphatic hydroxyl groups is 1. The molecule has 1 aromatic carbocycles. The van der Waals surface area contributed by atoms with Crippen LogP contribution in [0.2, 0.25) is 0 Å². The van der Waals surface area contributed by atoms with E-state index in [2.05, 4.69) is 5.16 Å². The second kappa shape index (κ2) is 5.99. The molecule has 0 spiro atoms. The first-order valence-corrected chi connectivity index (χ1v) is 8.46. The van der Waals surface area contributed by atoms with Gasteiger partial charge in [-0.05, 0) is 26.3 Å². The molecule has 1 N–H and O–H groups in total. The molecule has 0 amide bonds. The number of aliphatic hydroxyl groups excluding tert-OH is 1. The van der Waals surface area contributed by atoms with Crippen LogP contribution in [0.1, 0.15) is 34.2 Å². The molecule has 0 saturated heterocycles. The van der Waals surface area contributed by atoms with E-state index in [0.717, 1.165) is 11.1 Å². The maximum absolute atomic E-state index is 12.1. The molecule has 1 atom stereocenters. The van der Waals surface area contributed by atoms with Crippen LogP contribution in [0.15, 0.2) is 28.8 Å². The smallest absolute Gasteiger partial charge is 0.159 e. The van der Waals surface area contributed by atoms with E-state index in [4.69, 9.17) is 4.52 Å². The zero-order valence-electron chi connectivity index (χ0n) is 12.3. The zero-order valence-corrected chi connectivity index (χ0v) is 13.1. The molecule has 6 heteroatoms. The van der Waals surface area contributed by atoms with E-state index < -0.39 is 15.9 Å². The minimum Gasteiger partial charge on any atom is -0.387 e. The Balaban J connectivity index is 2.12. The van der Waals surface area contributed by atoms with E-state index in [9.17, 15) is 13.5 Å². The molecule has 1 unspecified atom stereocenters. The summed E-state index contributed by atoms with van der Waals surface area (Å²) in [5, 5.41) is 13.8. The van der Waals surface area contributed by atoms with E-state index in [0.29, 0.717) is 17.0 Å². The van der Waals surface area contributed by atoms with Crippen LogP contribution in [0.25, 0.3) is 0 Å². The predicted octanol–water partition coefficient (Wildman–Crippen LogP) is 2.25. The Kier molecular flexibility index (Phi) is 4.49. The zero-order chi connectivity index (χ0) is 15.6. The summed E-state index contributed by atoms with van der Waals surface area (Å²) in [5.41, 5.74) is 2.97. The van der Waals surface area contributed by atoms with Crippen molar-refractivity contribution in [1.82, 2.24) is 5.16 Å². The third-order valence-electron chi connectivity index (χ3n) is 3.09. The molecule has 1 aromatic heterocycles. The van der Waals surface area contributed by atoms with Crippen molar-refractivity contribution in [1.29, 1.82) is 0 Å². The molecule has 0 aliphatic carbocycles. The summed E-state index contributed by atoms with van der Waals surface area (Å²) in [6.07, 6.45) is -1.04. The highest BCUT2D eigenvalue weighted by atomic mass is 32.2. The monoisotopic (exact) mass is 309 g/mol. The normalized spacial score (nSPS) is 13.3. The van der Waals surface area contributed by atoms with Gasteiger partial charge < -0.3 is 9.63 Å². The predicted molar refractivity (Wildman–Crippen MR) is 79.6 cm³/mol. The van der Waals surface area contributed by atoms with Crippen molar-refractivity contribution in [3.05, 3.63) is 52.4 Å². The molecule has 0 fully saturated rings. The Morgan fingerprint density at radius 2 is 1.76 bits per heavy atom. The third kappa shape index (κ3) is 4.41. The molecule has 2 rings (SSSR count). The molecule has 0 aliphatic rings. The standard InChI is InChI=1S/C15H19NO4S/c1-10-4-11(2)6-13(5-10)15(17)9-21(18,19)8-14-7-12(3)20-16-14/h4-7,15,17H,8-9H2,1-3H3. The van der Waals surface area contributed by atoms with E-state index in [-0.39, 0.29) is 11.5 Å². The highest BCUT2D eigenvalue weighted by Gasteiger charge is 2.21. The first-order valence-electron chi connectivity index (χ1n) is 6.64. The summed E-state index contributed by atoms with van der Waals surface area (Å²) in [7, 11) is -3.47. The fourth-order valence-electron chi connectivity index (χ4n) is 2.31. The van der Waals surface area contributed by atoms with Crippen LogP contribution in [0, 0.1) is 20.8 Å². The number of sulfone groups is 1. The number of hydrogen-bond acceptors (Lipinski definition) is 5. The maximum Gasteiger partial charge on any atom is 0.159 e. The summed E-state index contributed by atoms with van der Waals surface area (Å²) < 4.78 is 29.1. The minimum absolute atomic E-state index is 0.230. The fourth-order valence-corrected chi connectivity index (χ4v) is 3.69. The van der Waals surface area contributed by atoms with Gasteiger partial charge in [-0.2, -0.15) is 0 Å². The van der Waals surface area contributed by atoms with Crippen LogP contribution in [-0.2, 0) is 15.6 Å². The maximum atomic E-state index is 12.1. The summed E-state index contributed by atoms with van der Waals surface area (Å²) in [4.78, 5) is 0. The van der Waals surface area contributed by atoms with Crippen LogP contribution in [0.3, 0.4) is 0 Å². The van der Waals surface area contributed by atoms with Crippen molar-refractivity contribution in [3.8, 4) is 0 Å². The van der Waals surface area contributed by atoms with Gasteiger partial charge in [0, 0.05) is 6.07 Å². The Labute approximate surface area is 124 Å². The second-order valence-corrected chi connectivity index (χ2v) is 7.53. The van der Waals surface area contributed by atoms with Gasteiger partial charge in [0.1, 0.15) is 5.76 Å². The highest BCUT2D eigenvalue weighted by molar-refractivity contribution is 7.90. The number of benzene rings is 1. The van der Waals surface area contributed by atoms with Crippen LogP contribution in [0.5, 0.6) is 0 Å². The van der Waals surface area contributed by atoms with Gasteiger partial charge in [0.25, 0.3) is 0 Å². The molecule has 5 nitrogen and oxygen atoms in total. The van der Waals surface area contributed by atoms with Gasteiger partial charge in [-0.15, -0.1) is 0 Å². The number of rotatable bonds is 5. The van der Waals surface area contributed by atoms with E-state index in [1.54, 1.807) is 25.1 Å². The largest absolute Gasteiger partial charge is 0.387 e. The molecule has 1 heterocycles. The van der Waals surface area contributed by atoms with Crippen molar-refractivity contribution < 1.29 is 18.0 Å². The molecule has 114 valence electrons. The number of hydrogen-bond donors (Lipinski definition) is 1. The average Bonchev–Trinajstić information content (AvgIpc) is 2.71. The summed E-state index contributed by atoms with van der Waals surface area (Å²) in [5.74, 6) is 0.00336. The van der Waals surface area contributed by atoms with Crippen LogP contribution in [0.4, 0.5) is 0 Å². The molecule has 2 aromatic rings. The third-order valence-corrected chi connectivity index (χ3v) is 4.64. The summed E-state index contributed by atoms with van der Waals surface area (Å²) >= 11 is 0. The number of aryl methyl sites for hydroxylation is 3. The first kappa shape index (κ1) is 15.7. The van der Waals surface area contributed by atoms with Gasteiger partial charge in [0.05, 0.1) is 23.3 Å². The minimum atomic E-state index is -3.47. The lowest BCUT2D eigenvalue weighted by atomic mass is 10.0. The van der Waals surface area contributed by atoms with Crippen molar-refractivity contribution in [2.24, 2.45) is 0 Å². The van der Waals surface area contributed by atoms with E-state index >= 15 is 0 Å². The van der Waals surface area contributed by atoms with Gasteiger partial charge in [0.15, 0.2) is 9.84 Å². The lowest BCUT2D eigenvalue weighted by Gasteiger charge is -2.12. The quantitative estimate of drug-likeness (QED) is 0.916. The Morgan fingerprint density at radius 1 is 1.14 bits per heavy atom. The molecule has 0 bridgehead atoms. The van der Waals surface area contributed by atoms with Crippen LogP contribution >= 0.6 is 0 Å². The van der Waals surface area contributed by atoms with E-state index in [1.807, 2.05) is 19.9 Å². The topological polar surface area (TPSA) is 80.4 Å². The molecule has 21 heavy (non-hydrogen) atoms. The SMILES string of the molecule is Cc1cc(C)cc(C(O)CS(=O)(=O)Cc2cc(C)on2)c1.